The Bertz CT molecular complexity index is 1250. The van der Waals surface area contributed by atoms with Crippen molar-refractivity contribution < 1.29 is 14.3 Å². The zero-order chi connectivity index (χ0) is 22.7. The van der Waals surface area contributed by atoms with E-state index in [0.29, 0.717) is 16.4 Å². The lowest BCUT2D eigenvalue weighted by atomic mass is 10.3. The van der Waals surface area contributed by atoms with Crippen LogP contribution in [0.3, 0.4) is 0 Å². The molecule has 0 aliphatic carbocycles. The number of hydrogen-bond acceptors (Lipinski definition) is 5. The number of aromatic nitrogens is 2. The normalized spacial score (nSPS) is 10.7. The summed E-state index contributed by atoms with van der Waals surface area (Å²) in [4.78, 5) is 26.1. The van der Waals surface area contributed by atoms with E-state index in [2.05, 4.69) is 10.4 Å². The molecule has 2 aromatic heterocycles. The summed E-state index contributed by atoms with van der Waals surface area (Å²) in [7, 11) is 0. The van der Waals surface area contributed by atoms with Crippen LogP contribution in [0.25, 0.3) is 16.3 Å². The van der Waals surface area contributed by atoms with Crippen molar-refractivity contribution >= 4 is 63.7 Å². The monoisotopic (exact) mass is 505 g/mol. The van der Waals surface area contributed by atoms with Crippen molar-refractivity contribution in [2.75, 3.05) is 11.9 Å². The Labute approximate surface area is 202 Å². The SMILES string of the molecule is O=C(COC(=O)c1cc(-c2cccs2)nn1-c1ccccc1)Nc1c(Cl)cc(Cl)cc1Cl. The van der Waals surface area contributed by atoms with Crippen LogP contribution in [0.15, 0.2) is 66.0 Å². The van der Waals surface area contributed by atoms with Gasteiger partial charge in [-0.3, -0.25) is 4.79 Å². The smallest absolute Gasteiger partial charge is 0.357 e. The Morgan fingerprint density at radius 3 is 2.38 bits per heavy atom. The third-order valence-corrected chi connectivity index (χ3v) is 6.01. The first kappa shape index (κ1) is 22.4. The summed E-state index contributed by atoms with van der Waals surface area (Å²) < 4.78 is 6.73. The highest BCUT2D eigenvalue weighted by atomic mass is 35.5. The van der Waals surface area contributed by atoms with Crippen LogP contribution in [0, 0.1) is 0 Å². The number of nitrogens with zero attached hydrogens (tertiary/aromatic N) is 2. The topological polar surface area (TPSA) is 73.2 Å². The molecule has 162 valence electrons. The van der Waals surface area contributed by atoms with Gasteiger partial charge in [0.05, 0.1) is 26.3 Å². The predicted molar refractivity (Wildman–Crippen MR) is 127 cm³/mol. The van der Waals surface area contributed by atoms with E-state index in [1.54, 1.807) is 6.07 Å². The first-order chi connectivity index (χ1) is 15.4. The third-order valence-electron chi connectivity index (χ3n) is 4.30. The molecule has 1 N–H and O–H groups in total. The number of amides is 1. The van der Waals surface area contributed by atoms with Crippen LogP contribution >= 0.6 is 46.1 Å². The Hall–Kier alpha value is -2.84. The predicted octanol–water partition coefficient (Wildman–Crippen LogP) is 6.36. The highest BCUT2D eigenvalue weighted by Crippen LogP contribution is 2.33. The Balaban J connectivity index is 1.52. The molecule has 6 nitrogen and oxygen atoms in total. The zero-order valence-corrected chi connectivity index (χ0v) is 19.3. The molecule has 0 saturated heterocycles. The molecule has 0 fully saturated rings. The number of hydrogen-bond donors (Lipinski definition) is 1. The fraction of sp³-hybridized carbons (Fsp3) is 0.0455. The van der Waals surface area contributed by atoms with E-state index < -0.39 is 18.5 Å². The highest BCUT2D eigenvalue weighted by molar-refractivity contribution is 7.13. The van der Waals surface area contributed by atoms with Crippen molar-refractivity contribution in [3.8, 4) is 16.3 Å². The maximum atomic E-state index is 12.8. The number of esters is 1. The van der Waals surface area contributed by atoms with Gasteiger partial charge in [0, 0.05) is 11.1 Å². The molecular weight excluding hydrogens is 493 g/mol. The molecule has 0 unspecified atom stereocenters. The number of carbonyl (C=O) groups is 2. The summed E-state index contributed by atoms with van der Waals surface area (Å²) in [6, 6.07) is 17.5. The van der Waals surface area contributed by atoms with Gasteiger partial charge in [0.25, 0.3) is 5.91 Å². The molecule has 0 aliphatic heterocycles. The van der Waals surface area contributed by atoms with Gasteiger partial charge in [-0.25, -0.2) is 9.48 Å². The van der Waals surface area contributed by atoms with Crippen LogP contribution in [0.5, 0.6) is 0 Å². The van der Waals surface area contributed by atoms with Crippen molar-refractivity contribution in [2.45, 2.75) is 0 Å². The second-order valence-corrected chi connectivity index (χ2v) is 8.71. The Morgan fingerprint density at radius 1 is 1.00 bits per heavy atom. The van der Waals surface area contributed by atoms with Gasteiger partial charge in [0.15, 0.2) is 12.3 Å². The molecule has 4 rings (SSSR count). The molecule has 4 aromatic rings. The van der Waals surface area contributed by atoms with Gasteiger partial charge in [-0.1, -0.05) is 59.1 Å². The number of thiophene rings is 1. The molecule has 0 saturated carbocycles. The van der Waals surface area contributed by atoms with E-state index in [1.807, 2.05) is 47.8 Å². The molecule has 0 spiro atoms. The second-order valence-electron chi connectivity index (χ2n) is 6.51. The van der Waals surface area contributed by atoms with Gasteiger partial charge < -0.3 is 10.1 Å². The van der Waals surface area contributed by atoms with Gasteiger partial charge >= 0.3 is 5.97 Å². The van der Waals surface area contributed by atoms with Crippen LogP contribution < -0.4 is 5.32 Å². The van der Waals surface area contributed by atoms with Crippen LogP contribution in [0.1, 0.15) is 10.5 Å². The van der Waals surface area contributed by atoms with Crippen molar-refractivity contribution in [1.29, 1.82) is 0 Å². The number of ether oxygens (including phenoxy) is 1. The van der Waals surface area contributed by atoms with E-state index >= 15 is 0 Å². The van der Waals surface area contributed by atoms with Crippen LogP contribution in [-0.4, -0.2) is 28.3 Å². The first-order valence-electron chi connectivity index (χ1n) is 9.23. The Morgan fingerprint density at radius 2 is 1.72 bits per heavy atom. The van der Waals surface area contributed by atoms with Gasteiger partial charge in [-0.15, -0.1) is 11.3 Å². The maximum Gasteiger partial charge on any atom is 0.357 e. The summed E-state index contributed by atoms with van der Waals surface area (Å²) in [6.45, 7) is -0.539. The highest BCUT2D eigenvalue weighted by Gasteiger charge is 2.21. The summed E-state index contributed by atoms with van der Waals surface area (Å²) in [6.07, 6.45) is 0. The number of halogens is 3. The van der Waals surface area contributed by atoms with Gasteiger partial charge in [-0.2, -0.15) is 5.10 Å². The Kier molecular flexibility index (Phi) is 6.81. The molecule has 0 atom stereocenters. The minimum atomic E-state index is -0.701. The maximum absolute atomic E-state index is 12.8. The van der Waals surface area contributed by atoms with Crippen molar-refractivity contribution in [1.82, 2.24) is 9.78 Å². The van der Waals surface area contributed by atoms with Crippen molar-refractivity contribution in [3.63, 3.8) is 0 Å². The van der Waals surface area contributed by atoms with Crippen LogP contribution in [-0.2, 0) is 9.53 Å². The molecule has 2 aromatic carbocycles. The largest absolute Gasteiger partial charge is 0.451 e. The first-order valence-corrected chi connectivity index (χ1v) is 11.2. The average Bonchev–Trinajstić information content (AvgIpc) is 3.45. The fourth-order valence-electron chi connectivity index (χ4n) is 2.88. The molecule has 0 aliphatic rings. The number of anilines is 1. The third kappa shape index (κ3) is 4.97. The van der Waals surface area contributed by atoms with E-state index in [4.69, 9.17) is 39.5 Å². The van der Waals surface area contributed by atoms with E-state index in [1.165, 1.54) is 28.2 Å². The summed E-state index contributed by atoms with van der Waals surface area (Å²) in [5.41, 5.74) is 1.69. The summed E-state index contributed by atoms with van der Waals surface area (Å²) in [5.74, 6) is -1.30. The minimum absolute atomic E-state index is 0.171. The summed E-state index contributed by atoms with van der Waals surface area (Å²) >= 11 is 19.5. The molecular formula is C22H14Cl3N3O3S. The minimum Gasteiger partial charge on any atom is -0.451 e. The number of para-hydroxylation sites is 1. The van der Waals surface area contributed by atoms with Gasteiger partial charge in [0.1, 0.15) is 5.69 Å². The lowest BCUT2D eigenvalue weighted by molar-refractivity contribution is -0.119. The molecule has 0 bridgehead atoms. The number of carbonyl (C=O) groups excluding carboxylic acids is 2. The fourth-order valence-corrected chi connectivity index (χ4v) is 4.47. The number of rotatable bonds is 6. The lowest BCUT2D eigenvalue weighted by Gasteiger charge is -2.11. The average molecular weight is 507 g/mol. The standard InChI is InChI=1S/C22H14Cl3N3O3S/c23-13-9-15(24)21(16(25)10-13)26-20(29)12-31-22(30)18-11-17(19-7-4-8-32-19)27-28(18)14-5-2-1-3-6-14/h1-11H,12H2,(H,26,29). The van der Waals surface area contributed by atoms with Crippen LogP contribution in [0.4, 0.5) is 5.69 Å². The molecule has 32 heavy (non-hydrogen) atoms. The zero-order valence-electron chi connectivity index (χ0n) is 16.2. The molecule has 10 heteroatoms. The quantitative estimate of drug-likeness (QED) is 0.309. The van der Waals surface area contributed by atoms with Crippen molar-refractivity contribution in [2.24, 2.45) is 0 Å². The second kappa shape index (κ2) is 9.75. The summed E-state index contributed by atoms with van der Waals surface area (Å²) in [5, 5.41) is 9.67. The molecule has 0 radical (unpaired) electrons. The molecule has 1 amide bonds. The molecule has 2 heterocycles. The van der Waals surface area contributed by atoms with Crippen LogP contribution in [0.2, 0.25) is 15.1 Å². The number of nitrogens with one attached hydrogen (secondary N) is 1. The number of benzene rings is 2. The van der Waals surface area contributed by atoms with E-state index in [0.717, 1.165) is 4.88 Å². The van der Waals surface area contributed by atoms with Gasteiger partial charge in [0.2, 0.25) is 0 Å². The van der Waals surface area contributed by atoms with Gasteiger partial charge in [-0.05, 0) is 35.7 Å². The van der Waals surface area contributed by atoms with E-state index in [9.17, 15) is 9.59 Å². The van der Waals surface area contributed by atoms with E-state index in [-0.39, 0.29) is 21.4 Å². The van der Waals surface area contributed by atoms with Crippen molar-refractivity contribution in [3.05, 3.63) is 86.8 Å². The lowest BCUT2D eigenvalue weighted by Crippen LogP contribution is -2.22.